The van der Waals surface area contributed by atoms with Crippen LogP contribution in [0.4, 0.5) is 10.3 Å². The van der Waals surface area contributed by atoms with Gasteiger partial charge in [-0.25, -0.2) is 18.1 Å². The lowest BCUT2D eigenvalue weighted by Crippen LogP contribution is -2.16. The van der Waals surface area contributed by atoms with Crippen molar-refractivity contribution < 1.29 is 17.5 Å². The van der Waals surface area contributed by atoms with Crippen molar-refractivity contribution in [1.82, 2.24) is 19.7 Å². The number of rotatable bonds is 6. The predicted octanol–water partition coefficient (Wildman–Crippen LogP) is 4.23. The van der Waals surface area contributed by atoms with Crippen molar-refractivity contribution in [3.8, 4) is 22.9 Å². The van der Waals surface area contributed by atoms with E-state index in [-0.39, 0.29) is 16.5 Å². The standard InChI is InChI=1S/C22H20FN5O3S/c1-14-8-4-6-10-17(14)20-19(23)21(31-18-11-7-5-9-15(18)2)26-22(25-20)27-32(29,30)16-12-24-28(3)13-16/h4-13H,1-3H3,(H,25,26,27). The van der Waals surface area contributed by atoms with Gasteiger partial charge in [0.05, 0.1) is 6.20 Å². The van der Waals surface area contributed by atoms with Crippen LogP contribution in [0, 0.1) is 19.7 Å². The number of aryl methyl sites for hydroxylation is 3. The lowest BCUT2D eigenvalue weighted by Gasteiger charge is -2.14. The SMILES string of the molecule is Cc1ccccc1Oc1nc(NS(=O)(=O)c2cnn(C)c2)nc(-c2ccccc2C)c1F. The van der Waals surface area contributed by atoms with Gasteiger partial charge in [0.2, 0.25) is 11.8 Å². The molecule has 0 aliphatic carbocycles. The second-order valence-electron chi connectivity index (χ2n) is 7.15. The molecule has 4 rings (SSSR count). The van der Waals surface area contributed by atoms with Crippen LogP contribution in [-0.2, 0) is 17.1 Å². The van der Waals surface area contributed by atoms with Gasteiger partial charge in [0.15, 0.2) is 0 Å². The van der Waals surface area contributed by atoms with E-state index in [0.717, 1.165) is 11.1 Å². The monoisotopic (exact) mass is 453 g/mol. The molecule has 0 fully saturated rings. The Bertz CT molecular complexity index is 1400. The molecule has 0 aliphatic rings. The third kappa shape index (κ3) is 4.30. The number of anilines is 1. The van der Waals surface area contributed by atoms with Gasteiger partial charge in [-0.1, -0.05) is 42.5 Å². The molecule has 0 bridgehead atoms. The highest BCUT2D eigenvalue weighted by Gasteiger charge is 2.23. The Morgan fingerprint density at radius 2 is 1.69 bits per heavy atom. The van der Waals surface area contributed by atoms with Gasteiger partial charge < -0.3 is 4.74 Å². The fourth-order valence-electron chi connectivity index (χ4n) is 3.05. The van der Waals surface area contributed by atoms with Gasteiger partial charge in [0.1, 0.15) is 16.3 Å². The van der Waals surface area contributed by atoms with Gasteiger partial charge >= 0.3 is 0 Å². The number of para-hydroxylation sites is 1. The molecule has 2 aromatic heterocycles. The molecule has 0 aliphatic heterocycles. The van der Waals surface area contributed by atoms with Crippen molar-refractivity contribution in [2.75, 3.05) is 4.72 Å². The minimum absolute atomic E-state index is 0.0771. The van der Waals surface area contributed by atoms with E-state index in [1.807, 2.05) is 25.1 Å². The molecule has 4 aromatic rings. The number of nitrogens with zero attached hydrogens (tertiary/aromatic N) is 4. The third-order valence-electron chi connectivity index (χ3n) is 4.74. The van der Waals surface area contributed by atoms with E-state index in [1.165, 1.54) is 17.1 Å². The van der Waals surface area contributed by atoms with E-state index >= 15 is 4.39 Å². The summed E-state index contributed by atoms with van der Waals surface area (Å²) in [6.07, 6.45) is 2.53. The fraction of sp³-hybridized carbons (Fsp3) is 0.136. The molecule has 0 amide bonds. The van der Waals surface area contributed by atoms with Crippen molar-refractivity contribution in [3.63, 3.8) is 0 Å². The summed E-state index contributed by atoms with van der Waals surface area (Å²) in [5.41, 5.74) is 1.93. The minimum Gasteiger partial charge on any atom is -0.436 e. The molecule has 0 atom stereocenters. The average Bonchev–Trinajstić information content (AvgIpc) is 3.20. The molecule has 8 nitrogen and oxygen atoms in total. The number of ether oxygens (including phenoxy) is 1. The highest BCUT2D eigenvalue weighted by Crippen LogP contribution is 2.33. The molecule has 1 N–H and O–H groups in total. The molecule has 2 aromatic carbocycles. The molecule has 0 saturated carbocycles. The second-order valence-corrected chi connectivity index (χ2v) is 8.84. The maximum Gasteiger partial charge on any atom is 0.267 e. The van der Waals surface area contributed by atoms with E-state index in [0.29, 0.717) is 11.3 Å². The maximum atomic E-state index is 15.5. The third-order valence-corrected chi connectivity index (χ3v) is 6.02. The van der Waals surface area contributed by atoms with Gasteiger partial charge in [-0.15, -0.1) is 0 Å². The number of benzene rings is 2. The first-order chi connectivity index (χ1) is 15.2. The zero-order valence-electron chi connectivity index (χ0n) is 17.6. The number of nitrogens with one attached hydrogen (secondary N) is 1. The molecule has 0 saturated heterocycles. The van der Waals surface area contributed by atoms with Crippen molar-refractivity contribution in [1.29, 1.82) is 0 Å². The Kier molecular flexibility index (Phi) is 5.62. The van der Waals surface area contributed by atoms with Crippen LogP contribution in [-0.4, -0.2) is 28.2 Å². The Labute approximate surface area is 184 Å². The average molecular weight is 453 g/mol. The van der Waals surface area contributed by atoms with Gasteiger partial charge in [0, 0.05) is 18.8 Å². The van der Waals surface area contributed by atoms with Crippen LogP contribution in [0.15, 0.2) is 65.8 Å². The minimum atomic E-state index is -4.05. The van der Waals surface area contributed by atoms with Crippen molar-refractivity contribution in [2.45, 2.75) is 18.7 Å². The van der Waals surface area contributed by atoms with Crippen molar-refractivity contribution >= 4 is 16.0 Å². The Morgan fingerprint density at radius 3 is 2.34 bits per heavy atom. The summed E-state index contributed by atoms with van der Waals surface area (Å²) in [4.78, 5) is 8.10. The maximum absolute atomic E-state index is 15.5. The second kappa shape index (κ2) is 8.39. The van der Waals surface area contributed by atoms with E-state index in [1.54, 1.807) is 44.3 Å². The Morgan fingerprint density at radius 1 is 1.00 bits per heavy atom. The highest BCUT2D eigenvalue weighted by molar-refractivity contribution is 7.92. The van der Waals surface area contributed by atoms with Crippen molar-refractivity contribution in [3.05, 3.63) is 77.9 Å². The van der Waals surface area contributed by atoms with E-state index in [2.05, 4.69) is 19.8 Å². The lowest BCUT2D eigenvalue weighted by molar-refractivity contribution is 0.420. The van der Waals surface area contributed by atoms with Crippen LogP contribution in [0.3, 0.4) is 0 Å². The van der Waals surface area contributed by atoms with E-state index < -0.39 is 21.7 Å². The first-order valence-corrected chi connectivity index (χ1v) is 11.1. The molecule has 0 unspecified atom stereocenters. The summed E-state index contributed by atoms with van der Waals surface area (Å²) in [6.45, 7) is 3.61. The number of aromatic nitrogens is 4. The number of hydrogen-bond donors (Lipinski definition) is 1. The molecular weight excluding hydrogens is 433 g/mol. The quantitative estimate of drug-likeness (QED) is 0.469. The molecule has 0 spiro atoms. The molecule has 164 valence electrons. The zero-order valence-corrected chi connectivity index (χ0v) is 18.4. The summed E-state index contributed by atoms with van der Waals surface area (Å²) >= 11 is 0. The lowest BCUT2D eigenvalue weighted by atomic mass is 10.1. The molecular formula is C22H20FN5O3S. The van der Waals surface area contributed by atoms with Crippen LogP contribution < -0.4 is 9.46 Å². The first kappa shape index (κ1) is 21.4. The van der Waals surface area contributed by atoms with Crippen LogP contribution in [0.25, 0.3) is 11.3 Å². The van der Waals surface area contributed by atoms with Crippen LogP contribution in [0.1, 0.15) is 11.1 Å². The Hall–Kier alpha value is -3.79. The predicted molar refractivity (Wildman–Crippen MR) is 117 cm³/mol. The largest absolute Gasteiger partial charge is 0.436 e. The number of halogens is 1. The summed E-state index contributed by atoms with van der Waals surface area (Å²) in [7, 11) is -2.45. The topological polar surface area (TPSA) is 99.0 Å². The number of sulfonamides is 1. The summed E-state index contributed by atoms with van der Waals surface area (Å²) in [6, 6.07) is 14.1. The van der Waals surface area contributed by atoms with Gasteiger partial charge in [-0.2, -0.15) is 14.5 Å². The summed E-state index contributed by atoms with van der Waals surface area (Å²) in [5.74, 6) is -1.12. The summed E-state index contributed by atoms with van der Waals surface area (Å²) in [5, 5.41) is 3.87. The van der Waals surface area contributed by atoms with E-state index in [4.69, 9.17) is 4.74 Å². The van der Waals surface area contributed by atoms with Gasteiger partial charge in [0.25, 0.3) is 15.9 Å². The molecule has 32 heavy (non-hydrogen) atoms. The van der Waals surface area contributed by atoms with Crippen LogP contribution in [0.2, 0.25) is 0 Å². The molecule has 0 radical (unpaired) electrons. The van der Waals surface area contributed by atoms with Crippen LogP contribution in [0.5, 0.6) is 11.6 Å². The molecule has 10 heteroatoms. The normalized spacial score (nSPS) is 11.4. The summed E-state index contributed by atoms with van der Waals surface area (Å²) < 4.78 is 50.4. The smallest absolute Gasteiger partial charge is 0.267 e. The Balaban J connectivity index is 1.84. The molecule has 2 heterocycles. The highest BCUT2D eigenvalue weighted by atomic mass is 32.2. The van der Waals surface area contributed by atoms with Gasteiger partial charge in [-0.05, 0) is 31.0 Å². The zero-order chi connectivity index (χ0) is 22.9. The van der Waals surface area contributed by atoms with Crippen molar-refractivity contribution in [2.24, 2.45) is 7.05 Å². The van der Waals surface area contributed by atoms with E-state index in [9.17, 15) is 8.42 Å². The fourth-order valence-corrected chi connectivity index (χ4v) is 3.98. The first-order valence-electron chi connectivity index (χ1n) is 9.63. The van der Waals surface area contributed by atoms with Gasteiger partial charge in [-0.3, -0.25) is 4.68 Å². The number of hydrogen-bond acceptors (Lipinski definition) is 6. The van der Waals surface area contributed by atoms with Crippen LogP contribution >= 0.6 is 0 Å².